The van der Waals surface area contributed by atoms with Gasteiger partial charge in [-0.25, -0.2) is 4.98 Å². The topological polar surface area (TPSA) is 36.3 Å². The van der Waals surface area contributed by atoms with Crippen LogP contribution < -0.4 is 0 Å². The van der Waals surface area contributed by atoms with Crippen LogP contribution in [0.25, 0.3) is 0 Å². The summed E-state index contributed by atoms with van der Waals surface area (Å²) in [4.78, 5) is 4.45. The molecule has 0 radical (unpaired) electrons. The zero-order valence-corrected chi connectivity index (χ0v) is 14.4. The third-order valence-corrected chi connectivity index (χ3v) is 7.04. The van der Waals surface area contributed by atoms with Gasteiger partial charge in [-0.15, -0.1) is 35.1 Å². The van der Waals surface area contributed by atoms with E-state index in [4.69, 9.17) is 21.1 Å². The summed E-state index contributed by atoms with van der Waals surface area (Å²) in [6.45, 7) is 0. The van der Waals surface area contributed by atoms with Crippen molar-refractivity contribution in [1.29, 1.82) is 0 Å². The van der Waals surface area contributed by atoms with Crippen LogP contribution >= 0.6 is 35.1 Å². The van der Waals surface area contributed by atoms with Crippen molar-refractivity contribution in [1.82, 2.24) is 9.55 Å². The number of hydrogen-bond donors (Lipinski definition) is 0. The van der Waals surface area contributed by atoms with E-state index in [0.717, 1.165) is 30.8 Å². The Morgan fingerprint density at radius 2 is 2.30 bits per heavy atom. The summed E-state index contributed by atoms with van der Waals surface area (Å²) < 4.78 is 13.0. The molecule has 4 nitrogen and oxygen atoms in total. The summed E-state index contributed by atoms with van der Waals surface area (Å²) in [7, 11) is 5.38. The van der Waals surface area contributed by atoms with E-state index in [-0.39, 0.29) is 15.1 Å². The van der Waals surface area contributed by atoms with Gasteiger partial charge in [-0.2, -0.15) is 0 Å². The van der Waals surface area contributed by atoms with Crippen LogP contribution in [-0.2, 0) is 22.9 Å². The van der Waals surface area contributed by atoms with E-state index >= 15 is 0 Å². The molecule has 2 rings (SSSR count). The second-order valence-corrected chi connectivity index (χ2v) is 8.92. The molecule has 2 atom stereocenters. The Labute approximate surface area is 133 Å². The molecule has 0 spiro atoms. The molecule has 0 aliphatic carbocycles. The normalized spacial score (nSPS) is 27.1. The van der Waals surface area contributed by atoms with Crippen molar-refractivity contribution in [2.75, 3.05) is 20.0 Å². The molecule has 114 valence electrons. The number of ether oxygens (including phenoxy) is 2. The Hall–Kier alpha value is 0.120. The average Bonchev–Trinajstić information content (AvgIpc) is 2.81. The summed E-state index contributed by atoms with van der Waals surface area (Å²) in [5, 5.41) is 0. The van der Waals surface area contributed by atoms with Gasteiger partial charge >= 0.3 is 0 Å². The quantitative estimate of drug-likeness (QED) is 0.589. The molecule has 1 saturated heterocycles. The van der Waals surface area contributed by atoms with Gasteiger partial charge in [0.1, 0.15) is 5.82 Å². The van der Waals surface area contributed by atoms with Gasteiger partial charge in [-0.3, -0.25) is 0 Å². The molecule has 2 unspecified atom stereocenters. The van der Waals surface area contributed by atoms with E-state index in [1.165, 1.54) is 0 Å². The zero-order valence-electron chi connectivity index (χ0n) is 12.0. The van der Waals surface area contributed by atoms with Gasteiger partial charge in [0.2, 0.25) is 0 Å². The van der Waals surface area contributed by atoms with E-state index in [9.17, 15) is 0 Å². The molecular weight excluding hydrogens is 316 g/mol. The van der Waals surface area contributed by atoms with E-state index in [1.807, 2.05) is 43.0 Å². The number of aromatic nitrogens is 2. The van der Waals surface area contributed by atoms with Crippen molar-refractivity contribution >= 4 is 35.1 Å². The molecule has 2 heterocycles. The van der Waals surface area contributed by atoms with Crippen LogP contribution in [-0.4, -0.2) is 44.6 Å². The molecule has 20 heavy (non-hydrogen) atoms. The van der Waals surface area contributed by atoms with E-state index in [2.05, 4.69) is 9.55 Å². The molecule has 0 saturated carbocycles. The molecule has 1 aliphatic rings. The lowest BCUT2D eigenvalue weighted by atomic mass is 10.2. The number of aryl methyl sites for hydroxylation is 1. The fraction of sp³-hybridized carbons (Fsp3) is 0.769. The van der Waals surface area contributed by atoms with Crippen molar-refractivity contribution in [3.8, 4) is 0 Å². The van der Waals surface area contributed by atoms with Gasteiger partial charge in [0, 0.05) is 46.5 Å². The maximum atomic E-state index is 6.39. The maximum absolute atomic E-state index is 6.39. The van der Waals surface area contributed by atoms with Crippen molar-refractivity contribution < 1.29 is 9.47 Å². The highest BCUT2D eigenvalue weighted by Crippen LogP contribution is 2.51. The summed E-state index contributed by atoms with van der Waals surface area (Å²) in [6, 6.07) is 0. The van der Waals surface area contributed by atoms with Gasteiger partial charge < -0.3 is 14.0 Å². The first kappa shape index (κ1) is 16.5. The highest BCUT2D eigenvalue weighted by atomic mass is 35.5. The number of rotatable bonds is 6. The third kappa shape index (κ3) is 4.07. The van der Waals surface area contributed by atoms with Crippen LogP contribution in [0.4, 0.5) is 0 Å². The molecule has 0 aromatic carbocycles. The van der Waals surface area contributed by atoms with Crippen LogP contribution in [0, 0.1) is 0 Å². The SMILES string of the molecule is COC(CC1(Cc2nccn2C)SCCC(Cl)S1)OC. The van der Waals surface area contributed by atoms with Gasteiger partial charge in [0.25, 0.3) is 0 Å². The number of methoxy groups -OCH3 is 2. The first-order chi connectivity index (χ1) is 9.58. The first-order valence-electron chi connectivity index (χ1n) is 6.56. The summed E-state index contributed by atoms with van der Waals surface area (Å²) in [5.74, 6) is 2.13. The van der Waals surface area contributed by atoms with E-state index < -0.39 is 0 Å². The van der Waals surface area contributed by atoms with Crippen LogP contribution in [0.5, 0.6) is 0 Å². The van der Waals surface area contributed by atoms with Crippen LogP contribution in [0.2, 0.25) is 0 Å². The second kappa shape index (κ2) is 7.40. The van der Waals surface area contributed by atoms with Gasteiger partial charge in [-0.05, 0) is 12.2 Å². The monoisotopic (exact) mass is 336 g/mol. The van der Waals surface area contributed by atoms with Crippen LogP contribution in [0.1, 0.15) is 18.7 Å². The number of thioether (sulfide) groups is 2. The largest absolute Gasteiger partial charge is 0.356 e. The Morgan fingerprint density at radius 3 is 2.85 bits per heavy atom. The van der Waals surface area contributed by atoms with E-state index in [1.54, 1.807) is 14.2 Å². The minimum Gasteiger partial charge on any atom is -0.356 e. The van der Waals surface area contributed by atoms with Crippen LogP contribution in [0.3, 0.4) is 0 Å². The lowest BCUT2D eigenvalue weighted by Gasteiger charge is -2.39. The lowest BCUT2D eigenvalue weighted by Crippen LogP contribution is -2.36. The predicted molar refractivity (Wildman–Crippen MR) is 86.4 cm³/mol. The van der Waals surface area contributed by atoms with Gasteiger partial charge in [-0.1, -0.05) is 0 Å². The smallest absolute Gasteiger partial charge is 0.158 e. The fourth-order valence-corrected chi connectivity index (χ4v) is 6.55. The number of hydrogen-bond acceptors (Lipinski definition) is 5. The zero-order chi connectivity index (χ0) is 14.6. The fourth-order valence-electron chi connectivity index (χ4n) is 2.26. The average molecular weight is 337 g/mol. The Kier molecular flexibility index (Phi) is 6.10. The molecule has 0 amide bonds. The number of imidazole rings is 1. The Morgan fingerprint density at radius 1 is 1.55 bits per heavy atom. The second-order valence-electron chi connectivity index (χ2n) is 4.81. The maximum Gasteiger partial charge on any atom is 0.158 e. The molecule has 1 fully saturated rings. The standard InChI is InChI=1S/C13H21ClN2O2S2/c1-16-6-5-15-11(16)8-13(9-12(17-2)18-3)19-7-4-10(14)20-13/h5-6,10,12H,4,7-9H2,1-3H3. The molecule has 1 aliphatic heterocycles. The van der Waals surface area contributed by atoms with Gasteiger partial charge in [0.05, 0.1) is 8.79 Å². The third-order valence-electron chi connectivity index (χ3n) is 3.40. The molecule has 0 bridgehead atoms. The van der Waals surface area contributed by atoms with Crippen molar-refractivity contribution in [3.63, 3.8) is 0 Å². The van der Waals surface area contributed by atoms with Crippen LogP contribution in [0.15, 0.2) is 12.4 Å². The minimum atomic E-state index is -0.211. The summed E-state index contributed by atoms with van der Waals surface area (Å²) >= 11 is 10.2. The minimum absolute atomic E-state index is 0.0412. The molecule has 7 heteroatoms. The highest BCUT2D eigenvalue weighted by molar-refractivity contribution is 8.19. The molecule has 0 N–H and O–H groups in total. The van der Waals surface area contributed by atoms with E-state index in [0.29, 0.717) is 0 Å². The number of nitrogens with zero attached hydrogens (tertiary/aromatic N) is 2. The number of halogens is 1. The van der Waals surface area contributed by atoms with Crippen molar-refractivity contribution in [2.24, 2.45) is 7.05 Å². The van der Waals surface area contributed by atoms with Crippen molar-refractivity contribution in [2.45, 2.75) is 34.3 Å². The highest BCUT2D eigenvalue weighted by Gasteiger charge is 2.40. The Balaban J connectivity index is 2.17. The number of alkyl halides is 1. The predicted octanol–water partition coefficient (Wildman–Crippen LogP) is 3.10. The van der Waals surface area contributed by atoms with Crippen molar-refractivity contribution in [3.05, 3.63) is 18.2 Å². The molecular formula is C13H21ClN2O2S2. The summed E-state index contributed by atoms with van der Waals surface area (Å²) in [6.07, 6.45) is 6.29. The first-order valence-corrected chi connectivity index (χ1v) is 8.86. The molecule has 1 aromatic heterocycles. The lowest BCUT2D eigenvalue weighted by molar-refractivity contribution is -0.107. The molecule has 1 aromatic rings. The Bertz CT molecular complexity index is 428. The summed E-state index contributed by atoms with van der Waals surface area (Å²) in [5.41, 5.74) is 0. The van der Waals surface area contributed by atoms with Gasteiger partial charge in [0.15, 0.2) is 6.29 Å².